The summed E-state index contributed by atoms with van der Waals surface area (Å²) in [5.41, 5.74) is -0.192. The van der Waals surface area contributed by atoms with E-state index >= 15 is 0 Å². The van der Waals surface area contributed by atoms with E-state index in [9.17, 15) is 18.0 Å². The Morgan fingerprint density at radius 3 is 2.56 bits per heavy atom. The monoisotopic (exact) mass is 438 g/mol. The predicted octanol–water partition coefficient (Wildman–Crippen LogP) is 4.73. The number of benzene rings is 2. The van der Waals surface area contributed by atoms with E-state index < -0.39 is 17.3 Å². The van der Waals surface area contributed by atoms with Gasteiger partial charge >= 0.3 is 11.7 Å². The fraction of sp³-hybridized carbons (Fsp3) is 0.125. The quantitative estimate of drug-likeness (QED) is 0.248. The molecule has 5 nitrogen and oxygen atoms in total. The van der Waals surface area contributed by atoms with E-state index in [0.717, 1.165) is 12.1 Å². The maximum Gasteiger partial charge on any atom is 0.416 e. The van der Waals surface area contributed by atoms with Crippen LogP contribution in [0.2, 0.25) is 0 Å². The lowest BCUT2D eigenvalue weighted by atomic mass is 10.1. The first kappa shape index (κ1) is 21.3. The van der Waals surface area contributed by atoms with E-state index in [1.807, 2.05) is 22.8 Å². The van der Waals surface area contributed by atoms with Gasteiger partial charge in [-0.25, -0.2) is 9.36 Å². The van der Waals surface area contributed by atoms with Crippen LogP contribution in [0.3, 0.4) is 0 Å². The molecule has 32 heavy (non-hydrogen) atoms. The number of aromatic nitrogens is 2. The number of rotatable bonds is 6. The average Bonchev–Trinajstić information content (AvgIpc) is 2.80. The third kappa shape index (κ3) is 4.69. The molecule has 0 saturated carbocycles. The third-order valence-electron chi connectivity index (χ3n) is 4.84. The fourth-order valence-corrected chi connectivity index (χ4v) is 3.32. The van der Waals surface area contributed by atoms with E-state index in [4.69, 9.17) is 4.84 Å². The molecule has 4 rings (SSSR count). The summed E-state index contributed by atoms with van der Waals surface area (Å²) in [6.07, 6.45) is 0.780. The number of halogens is 3. The van der Waals surface area contributed by atoms with Crippen molar-refractivity contribution in [2.24, 2.45) is 5.16 Å². The average molecular weight is 438 g/mol. The molecule has 0 aliphatic rings. The Morgan fingerprint density at radius 2 is 1.78 bits per heavy atom. The van der Waals surface area contributed by atoms with Gasteiger partial charge in [-0.3, -0.25) is 0 Å². The van der Waals surface area contributed by atoms with Crippen molar-refractivity contribution >= 4 is 11.9 Å². The van der Waals surface area contributed by atoms with Crippen LogP contribution in [0.15, 0.2) is 95.1 Å². The zero-order valence-electron chi connectivity index (χ0n) is 16.9. The van der Waals surface area contributed by atoms with Gasteiger partial charge in [0.15, 0.2) is 5.75 Å². The molecule has 0 amide bonds. The smallest absolute Gasteiger partial charge is 0.357 e. The van der Waals surface area contributed by atoms with Crippen LogP contribution >= 0.6 is 0 Å². The Balaban J connectivity index is 1.64. The van der Waals surface area contributed by atoms with E-state index in [1.165, 1.54) is 16.5 Å². The number of oxime groups is 1. The standard InChI is InChI=1S/C24H19F3N3O2/c25-24(26,27)19-9-6-8-18(16-19)21-17-29(22-12-4-5-15-30(22)23(21)31)14-7-13-28-32-20-10-2-1-3-11-20/h1-6,8-13,15-17H,7,14H2/q+1. The molecule has 0 bridgehead atoms. The second-order valence-electron chi connectivity index (χ2n) is 7.03. The summed E-state index contributed by atoms with van der Waals surface area (Å²) in [4.78, 5) is 18.3. The zero-order chi connectivity index (χ0) is 22.6. The lowest BCUT2D eigenvalue weighted by Gasteiger charge is -2.09. The van der Waals surface area contributed by atoms with E-state index in [-0.39, 0.29) is 11.1 Å². The minimum atomic E-state index is -4.49. The molecule has 0 atom stereocenters. The molecule has 0 saturated heterocycles. The lowest BCUT2D eigenvalue weighted by Crippen LogP contribution is -2.40. The topological polar surface area (TPSA) is 47.0 Å². The van der Waals surface area contributed by atoms with Crippen LogP contribution in [-0.4, -0.2) is 10.6 Å². The van der Waals surface area contributed by atoms with Crippen LogP contribution in [0.1, 0.15) is 12.0 Å². The van der Waals surface area contributed by atoms with Crippen molar-refractivity contribution in [2.45, 2.75) is 19.1 Å². The van der Waals surface area contributed by atoms with Crippen molar-refractivity contribution in [2.75, 3.05) is 0 Å². The fourth-order valence-electron chi connectivity index (χ4n) is 3.32. The van der Waals surface area contributed by atoms with Gasteiger partial charge in [0.05, 0.1) is 18.3 Å². The normalized spacial score (nSPS) is 11.8. The highest BCUT2D eigenvalue weighted by Crippen LogP contribution is 2.31. The molecular weight excluding hydrogens is 419 g/mol. The first-order valence-electron chi connectivity index (χ1n) is 9.89. The number of para-hydroxylation sites is 1. The molecule has 0 aliphatic heterocycles. The van der Waals surface area contributed by atoms with Crippen molar-refractivity contribution < 1.29 is 22.6 Å². The van der Waals surface area contributed by atoms with Gasteiger partial charge in [-0.05, 0) is 35.9 Å². The van der Waals surface area contributed by atoms with Crippen LogP contribution in [0.4, 0.5) is 13.2 Å². The van der Waals surface area contributed by atoms with E-state index in [2.05, 4.69) is 5.16 Å². The molecule has 2 aromatic carbocycles. The summed E-state index contributed by atoms with van der Waals surface area (Å²) in [6.45, 7) is 0.446. The minimum absolute atomic E-state index is 0.178. The highest BCUT2D eigenvalue weighted by atomic mass is 19.4. The van der Waals surface area contributed by atoms with Crippen molar-refractivity contribution in [1.29, 1.82) is 0 Å². The van der Waals surface area contributed by atoms with Gasteiger partial charge in [0.2, 0.25) is 0 Å². The minimum Gasteiger partial charge on any atom is -0.357 e. The molecule has 0 N–H and O–H groups in total. The summed E-state index contributed by atoms with van der Waals surface area (Å²) in [7, 11) is 0. The molecule has 8 heteroatoms. The maximum absolute atomic E-state index is 13.2. The number of pyridine rings is 1. The molecule has 4 aromatic rings. The van der Waals surface area contributed by atoms with Gasteiger partial charge < -0.3 is 4.84 Å². The second-order valence-corrected chi connectivity index (χ2v) is 7.03. The summed E-state index contributed by atoms with van der Waals surface area (Å²) in [6, 6.07) is 19.2. The number of nitrogens with zero attached hydrogens (tertiary/aromatic N) is 3. The van der Waals surface area contributed by atoms with Crippen LogP contribution in [0.5, 0.6) is 5.75 Å². The number of alkyl halides is 3. The predicted molar refractivity (Wildman–Crippen MR) is 114 cm³/mol. The first-order chi connectivity index (χ1) is 15.4. The van der Waals surface area contributed by atoms with Crippen molar-refractivity contribution in [1.82, 2.24) is 4.40 Å². The molecule has 0 radical (unpaired) electrons. The molecular formula is C24H19F3N3O2+. The van der Waals surface area contributed by atoms with Gasteiger partial charge in [0.25, 0.3) is 5.65 Å². The van der Waals surface area contributed by atoms with Crippen LogP contribution in [-0.2, 0) is 12.7 Å². The second kappa shape index (κ2) is 9.05. The van der Waals surface area contributed by atoms with Crippen molar-refractivity contribution in [3.05, 3.63) is 101 Å². The summed E-state index contributed by atoms with van der Waals surface area (Å²) in [5.74, 6) is 0.611. The Labute approximate surface area is 181 Å². The maximum atomic E-state index is 13.2. The molecule has 162 valence electrons. The van der Waals surface area contributed by atoms with Gasteiger partial charge in [-0.15, -0.1) is 0 Å². The molecule has 0 fully saturated rings. The summed E-state index contributed by atoms with van der Waals surface area (Å²) < 4.78 is 42.7. The van der Waals surface area contributed by atoms with Gasteiger partial charge in [0, 0.05) is 18.7 Å². The van der Waals surface area contributed by atoms with Crippen molar-refractivity contribution in [3.8, 4) is 16.9 Å². The summed E-state index contributed by atoms with van der Waals surface area (Å²) in [5, 5.41) is 3.94. The Bertz CT molecular complexity index is 1320. The van der Waals surface area contributed by atoms with E-state index in [1.54, 1.807) is 48.9 Å². The lowest BCUT2D eigenvalue weighted by molar-refractivity contribution is -0.672. The van der Waals surface area contributed by atoms with Gasteiger partial charge in [-0.2, -0.15) is 17.6 Å². The van der Waals surface area contributed by atoms with Gasteiger partial charge in [-0.1, -0.05) is 41.6 Å². The number of fused-ring (bicyclic) bond motifs is 1. The largest absolute Gasteiger partial charge is 0.416 e. The van der Waals surface area contributed by atoms with E-state index in [0.29, 0.717) is 24.4 Å². The summed E-state index contributed by atoms with van der Waals surface area (Å²) >= 11 is 0. The number of hydrogen-bond acceptors (Lipinski definition) is 3. The molecule has 2 aromatic heterocycles. The Hall–Kier alpha value is -3.94. The SMILES string of the molecule is O=c1c(-c2cccc(C(F)(F)F)c2)c[n+](CCC=NOc2ccccc2)c2ccccn12. The van der Waals surface area contributed by atoms with Crippen LogP contribution < -0.4 is 15.0 Å². The highest BCUT2D eigenvalue weighted by molar-refractivity contribution is 5.63. The van der Waals surface area contributed by atoms with Crippen LogP contribution in [0, 0.1) is 0 Å². The third-order valence-corrected chi connectivity index (χ3v) is 4.84. The molecule has 0 unspecified atom stereocenters. The molecule has 0 aliphatic carbocycles. The van der Waals surface area contributed by atoms with Crippen LogP contribution in [0.25, 0.3) is 16.8 Å². The van der Waals surface area contributed by atoms with Gasteiger partial charge in [0.1, 0.15) is 11.8 Å². The number of aryl methyl sites for hydroxylation is 1. The number of hydrogen-bond donors (Lipinski definition) is 0. The molecule has 2 heterocycles. The Kier molecular flexibility index (Phi) is 6.02. The highest BCUT2D eigenvalue weighted by Gasteiger charge is 2.31. The Morgan fingerprint density at radius 1 is 1.00 bits per heavy atom. The van der Waals surface area contributed by atoms with Crippen molar-refractivity contribution in [3.63, 3.8) is 0 Å². The zero-order valence-corrected chi connectivity index (χ0v) is 16.9. The first-order valence-corrected chi connectivity index (χ1v) is 9.89. The molecule has 0 spiro atoms.